The molecule has 0 aromatic carbocycles. The standard InChI is InChI=1S/C8H13N3O2/c1-3-6-5(2)8(9)11(10-6)4-7(12)13/h3-4,9H2,1-2H3,(H,12,13). The first-order valence-electron chi connectivity index (χ1n) is 4.09. The van der Waals surface area contributed by atoms with Gasteiger partial charge in [0.1, 0.15) is 12.4 Å². The van der Waals surface area contributed by atoms with Crippen LogP contribution in [0.2, 0.25) is 0 Å². The van der Waals surface area contributed by atoms with Crippen molar-refractivity contribution in [3.8, 4) is 0 Å². The Balaban J connectivity index is 3.02. The number of aryl methyl sites for hydroxylation is 1. The fourth-order valence-corrected chi connectivity index (χ4v) is 1.20. The maximum atomic E-state index is 10.4. The third kappa shape index (κ3) is 1.80. The van der Waals surface area contributed by atoms with Crippen LogP contribution in [0.3, 0.4) is 0 Å². The Morgan fingerprint density at radius 1 is 1.69 bits per heavy atom. The first kappa shape index (κ1) is 9.57. The summed E-state index contributed by atoms with van der Waals surface area (Å²) >= 11 is 0. The van der Waals surface area contributed by atoms with Gasteiger partial charge in [-0.3, -0.25) is 4.79 Å². The fraction of sp³-hybridized carbons (Fsp3) is 0.500. The second kappa shape index (κ2) is 3.47. The van der Waals surface area contributed by atoms with Crippen LogP contribution in [0.25, 0.3) is 0 Å². The first-order valence-corrected chi connectivity index (χ1v) is 4.09. The highest BCUT2D eigenvalue weighted by atomic mass is 16.4. The third-order valence-corrected chi connectivity index (χ3v) is 1.96. The molecule has 0 radical (unpaired) electrons. The number of carboxylic acid groups (broad SMARTS) is 1. The molecular formula is C8H13N3O2. The molecule has 1 aromatic rings. The Labute approximate surface area is 76.2 Å². The number of hydrogen-bond donors (Lipinski definition) is 2. The SMILES string of the molecule is CCc1nn(CC(=O)O)c(N)c1C. The Kier molecular flexibility index (Phi) is 2.55. The van der Waals surface area contributed by atoms with Crippen LogP contribution >= 0.6 is 0 Å². The van der Waals surface area contributed by atoms with Crippen LogP contribution in [-0.4, -0.2) is 20.9 Å². The molecule has 1 aromatic heterocycles. The van der Waals surface area contributed by atoms with Crippen molar-refractivity contribution in [1.29, 1.82) is 0 Å². The molecule has 0 aliphatic heterocycles. The minimum absolute atomic E-state index is 0.174. The molecule has 0 aliphatic carbocycles. The summed E-state index contributed by atoms with van der Waals surface area (Å²) in [6.45, 7) is 3.63. The van der Waals surface area contributed by atoms with Gasteiger partial charge in [0, 0.05) is 5.56 Å². The van der Waals surface area contributed by atoms with Crippen molar-refractivity contribution in [1.82, 2.24) is 9.78 Å². The number of aliphatic carboxylic acids is 1. The molecule has 0 unspecified atom stereocenters. The Hall–Kier alpha value is -1.52. The Morgan fingerprint density at radius 2 is 2.31 bits per heavy atom. The number of aromatic nitrogens is 2. The van der Waals surface area contributed by atoms with E-state index >= 15 is 0 Å². The average molecular weight is 183 g/mol. The summed E-state index contributed by atoms with van der Waals surface area (Å²) < 4.78 is 1.32. The molecular weight excluding hydrogens is 170 g/mol. The van der Waals surface area contributed by atoms with Crippen LogP contribution in [0.4, 0.5) is 5.82 Å². The number of anilines is 1. The van der Waals surface area contributed by atoms with E-state index in [2.05, 4.69) is 5.10 Å². The van der Waals surface area contributed by atoms with Gasteiger partial charge >= 0.3 is 5.97 Å². The normalized spacial score (nSPS) is 10.3. The van der Waals surface area contributed by atoms with E-state index in [9.17, 15) is 4.79 Å². The lowest BCUT2D eigenvalue weighted by atomic mass is 10.2. The van der Waals surface area contributed by atoms with Crippen molar-refractivity contribution in [2.75, 3.05) is 5.73 Å². The highest BCUT2D eigenvalue weighted by Gasteiger charge is 2.11. The molecule has 5 heteroatoms. The van der Waals surface area contributed by atoms with Crippen LogP contribution in [0.15, 0.2) is 0 Å². The van der Waals surface area contributed by atoms with Gasteiger partial charge < -0.3 is 10.8 Å². The van der Waals surface area contributed by atoms with Gasteiger partial charge in [0.15, 0.2) is 0 Å². The molecule has 1 heterocycles. The van der Waals surface area contributed by atoms with Gasteiger partial charge in [0.2, 0.25) is 0 Å². The number of nitrogen functional groups attached to an aromatic ring is 1. The van der Waals surface area contributed by atoms with Crippen LogP contribution in [0, 0.1) is 6.92 Å². The highest BCUT2D eigenvalue weighted by molar-refractivity contribution is 5.67. The van der Waals surface area contributed by atoms with E-state index in [1.807, 2.05) is 13.8 Å². The van der Waals surface area contributed by atoms with Crippen molar-refractivity contribution in [2.45, 2.75) is 26.8 Å². The fourth-order valence-electron chi connectivity index (χ4n) is 1.20. The van der Waals surface area contributed by atoms with E-state index in [0.29, 0.717) is 5.82 Å². The predicted molar refractivity (Wildman–Crippen MR) is 48.4 cm³/mol. The second-order valence-corrected chi connectivity index (χ2v) is 2.86. The van der Waals surface area contributed by atoms with Crippen LogP contribution in [-0.2, 0) is 17.8 Å². The summed E-state index contributed by atoms with van der Waals surface area (Å²) in [6.07, 6.45) is 0.767. The quantitative estimate of drug-likeness (QED) is 0.711. The number of carbonyl (C=O) groups is 1. The summed E-state index contributed by atoms with van der Waals surface area (Å²) in [6, 6.07) is 0. The molecule has 0 atom stereocenters. The number of rotatable bonds is 3. The van der Waals surface area contributed by atoms with Gasteiger partial charge in [-0.15, -0.1) is 0 Å². The van der Waals surface area contributed by atoms with Crippen LogP contribution < -0.4 is 5.73 Å². The van der Waals surface area contributed by atoms with Crippen molar-refractivity contribution >= 4 is 11.8 Å². The number of hydrogen-bond acceptors (Lipinski definition) is 3. The van der Waals surface area contributed by atoms with Gasteiger partial charge in [-0.25, -0.2) is 4.68 Å². The zero-order valence-corrected chi connectivity index (χ0v) is 7.74. The van der Waals surface area contributed by atoms with E-state index in [-0.39, 0.29) is 6.54 Å². The summed E-state index contributed by atoms with van der Waals surface area (Å²) in [5, 5.41) is 12.6. The van der Waals surface area contributed by atoms with Crippen molar-refractivity contribution in [3.05, 3.63) is 11.3 Å². The minimum atomic E-state index is -0.933. The molecule has 0 spiro atoms. The maximum absolute atomic E-state index is 10.4. The number of nitrogens with zero attached hydrogens (tertiary/aromatic N) is 2. The molecule has 3 N–H and O–H groups in total. The molecule has 72 valence electrons. The Bertz CT molecular complexity index is 330. The summed E-state index contributed by atoms with van der Waals surface area (Å²) in [5.74, 6) is -0.490. The molecule has 5 nitrogen and oxygen atoms in total. The zero-order chi connectivity index (χ0) is 10.0. The monoisotopic (exact) mass is 183 g/mol. The van der Waals surface area contributed by atoms with Crippen LogP contribution in [0.5, 0.6) is 0 Å². The topological polar surface area (TPSA) is 81.1 Å². The molecule has 0 saturated carbocycles. The summed E-state index contributed by atoms with van der Waals surface area (Å²) in [5.41, 5.74) is 7.40. The van der Waals surface area contributed by atoms with Crippen molar-refractivity contribution < 1.29 is 9.90 Å². The molecule has 13 heavy (non-hydrogen) atoms. The van der Waals surface area contributed by atoms with E-state index in [1.165, 1.54) is 4.68 Å². The Morgan fingerprint density at radius 3 is 2.69 bits per heavy atom. The molecule has 0 amide bonds. The van der Waals surface area contributed by atoms with E-state index < -0.39 is 5.97 Å². The van der Waals surface area contributed by atoms with E-state index in [4.69, 9.17) is 10.8 Å². The summed E-state index contributed by atoms with van der Waals surface area (Å²) in [4.78, 5) is 10.4. The lowest BCUT2D eigenvalue weighted by Gasteiger charge is -1.98. The molecule has 0 aliphatic rings. The van der Waals surface area contributed by atoms with Crippen molar-refractivity contribution in [2.24, 2.45) is 0 Å². The zero-order valence-electron chi connectivity index (χ0n) is 7.74. The lowest BCUT2D eigenvalue weighted by Crippen LogP contribution is -2.12. The predicted octanol–water partition coefficient (Wildman–Crippen LogP) is 0.421. The maximum Gasteiger partial charge on any atom is 0.325 e. The van der Waals surface area contributed by atoms with Crippen LogP contribution in [0.1, 0.15) is 18.2 Å². The van der Waals surface area contributed by atoms with E-state index in [0.717, 1.165) is 17.7 Å². The number of carboxylic acids is 1. The van der Waals surface area contributed by atoms with Crippen molar-refractivity contribution in [3.63, 3.8) is 0 Å². The van der Waals surface area contributed by atoms with Gasteiger partial charge in [-0.2, -0.15) is 5.10 Å². The first-order chi connectivity index (χ1) is 6.06. The third-order valence-electron chi connectivity index (χ3n) is 1.96. The molecule has 0 fully saturated rings. The average Bonchev–Trinajstić information content (AvgIpc) is 2.32. The van der Waals surface area contributed by atoms with Gasteiger partial charge in [-0.1, -0.05) is 6.92 Å². The smallest absolute Gasteiger partial charge is 0.325 e. The number of nitrogens with two attached hydrogens (primary N) is 1. The highest BCUT2D eigenvalue weighted by Crippen LogP contribution is 2.15. The molecule has 0 saturated heterocycles. The largest absolute Gasteiger partial charge is 0.480 e. The van der Waals surface area contributed by atoms with Gasteiger partial charge in [0.25, 0.3) is 0 Å². The van der Waals surface area contributed by atoms with E-state index in [1.54, 1.807) is 0 Å². The lowest BCUT2D eigenvalue weighted by molar-refractivity contribution is -0.137. The van der Waals surface area contributed by atoms with Gasteiger partial charge in [0.05, 0.1) is 5.69 Å². The minimum Gasteiger partial charge on any atom is -0.480 e. The van der Waals surface area contributed by atoms with Gasteiger partial charge in [-0.05, 0) is 13.3 Å². The molecule has 1 rings (SSSR count). The summed E-state index contributed by atoms with van der Waals surface area (Å²) in [7, 11) is 0. The molecule has 0 bridgehead atoms. The second-order valence-electron chi connectivity index (χ2n) is 2.86.